The lowest BCUT2D eigenvalue weighted by molar-refractivity contribution is -0.122. The minimum Gasteiger partial charge on any atom is -0.357 e. The molecule has 2 aliphatic rings. The second-order valence-corrected chi connectivity index (χ2v) is 7.22. The Morgan fingerprint density at radius 3 is 2.48 bits per heavy atom. The van der Waals surface area contributed by atoms with Gasteiger partial charge in [-0.05, 0) is 65.1 Å². The summed E-state index contributed by atoms with van der Waals surface area (Å²) < 4.78 is 0. The fraction of sp³-hybridized carbons (Fsp3) is 0.895. The Morgan fingerprint density at radius 2 is 1.76 bits per heavy atom. The summed E-state index contributed by atoms with van der Waals surface area (Å²) in [5.74, 6) is 1.35. The summed E-state index contributed by atoms with van der Waals surface area (Å²) >= 11 is 0. The van der Waals surface area contributed by atoms with Gasteiger partial charge in [0.25, 0.3) is 0 Å². The highest BCUT2D eigenvalue weighted by atomic mass is 16.2. The molecule has 0 bridgehead atoms. The summed E-state index contributed by atoms with van der Waals surface area (Å²) in [6.07, 6.45) is 9.95. The first kappa shape index (κ1) is 20.0. The van der Waals surface area contributed by atoms with Gasteiger partial charge < -0.3 is 20.9 Å². The first-order chi connectivity index (χ1) is 12.3. The summed E-state index contributed by atoms with van der Waals surface area (Å²) in [6, 6.07) is 0. The van der Waals surface area contributed by atoms with Crippen molar-refractivity contribution in [2.75, 3.05) is 45.8 Å². The zero-order valence-electron chi connectivity index (χ0n) is 16.0. The third-order valence-electron chi connectivity index (χ3n) is 4.86. The van der Waals surface area contributed by atoms with Crippen molar-refractivity contribution in [2.24, 2.45) is 10.9 Å². The fourth-order valence-corrected chi connectivity index (χ4v) is 3.20. The average molecular weight is 352 g/mol. The molecule has 1 aliphatic heterocycles. The molecule has 1 saturated carbocycles. The number of carbonyl (C=O) groups excluding carboxylic acids is 1. The van der Waals surface area contributed by atoms with Crippen LogP contribution in [0.1, 0.15) is 58.3 Å². The van der Waals surface area contributed by atoms with Crippen molar-refractivity contribution in [3.63, 3.8) is 0 Å². The lowest BCUT2D eigenvalue weighted by Crippen LogP contribution is -2.41. The van der Waals surface area contributed by atoms with Crippen LogP contribution in [-0.2, 0) is 4.79 Å². The summed E-state index contributed by atoms with van der Waals surface area (Å²) in [4.78, 5) is 18.8. The second kappa shape index (κ2) is 12.1. The Morgan fingerprint density at radius 1 is 1.00 bits per heavy atom. The van der Waals surface area contributed by atoms with Crippen LogP contribution in [0.25, 0.3) is 0 Å². The first-order valence-electron chi connectivity index (χ1n) is 10.3. The molecule has 3 N–H and O–H groups in total. The van der Waals surface area contributed by atoms with Gasteiger partial charge >= 0.3 is 0 Å². The van der Waals surface area contributed by atoms with Crippen LogP contribution in [0.3, 0.4) is 0 Å². The molecular weight excluding hydrogens is 314 g/mol. The molecule has 0 spiro atoms. The minimum absolute atomic E-state index is 0.206. The zero-order chi connectivity index (χ0) is 17.7. The van der Waals surface area contributed by atoms with Crippen LogP contribution in [0, 0.1) is 5.92 Å². The lowest BCUT2D eigenvalue weighted by Gasteiger charge is -2.26. The number of carbonyl (C=O) groups is 1. The highest BCUT2D eigenvalue weighted by Crippen LogP contribution is 2.28. The topological polar surface area (TPSA) is 68.8 Å². The number of likely N-dealkylation sites (tertiary alicyclic amines) is 1. The smallest absolute Gasteiger partial charge is 0.223 e. The van der Waals surface area contributed by atoms with Crippen molar-refractivity contribution in [3.05, 3.63) is 0 Å². The number of hydrogen-bond donors (Lipinski definition) is 3. The van der Waals surface area contributed by atoms with E-state index in [2.05, 4.69) is 32.8 Å². The van der Waals surface area contributed by atoms with E-state index in [9.17, 15) is 4.79 Å². The fourth-order valence-electron chi connectivity index (χ4n) is 3.20. The largest absolute Gasteiger partial charge is 0.357 e. The van der Waals surface area contributed by atoms with Gasteiger partial charge in [0, 0.05) is 32.1 Å². The van der Waals surface area contributed by atoms with Crippen LogP contribution < -0.4 is 16.0 Å². The van der Waals surface area contributed by atoms with Gasteiger partial charge in [0.2, 0.25) is 5.91 Å². The van der Waals surface area contributed by atoms with Crippen LogP contribution in [0.4, 0.5) is 0 Å². The molecule has 2 fully saturated rings. The zero-order valence-corrected chi connectivity index (χ0v) is 16.0. The second-order valence-electron chi connectivity index (χ2n) is 7.22. The van der Waals surface area contributed by atoms with Crippen molar-refractivity contribution < 1.29 is 4.79 Å². The van der Waals surface area contributed by atoms with Gasteiger partial charge in [0.1, 0.15) is 0 Å². The molecule has 25 heavy (non-hydrogen) atoms. The van der Waals surface area contributed by atoms with E-state index in [0.717, 1.165) is 44.9 Å². The number of amides is 1. The van der Waals surface area contributed by atoms with Crippen LogP contribution in [0.2, 0.25) is 0 Å². The van der Waals surface area contributed by atoms with Crippen molar-refractivity contribution >= 4 is 11.9 Å². The summed E-state index contributed by atoms with van der Waals surface area (Å²) in [6.45, 7) is 9.02. The molecule has 6 nitrogen and oxygen atoms in total. The van der Waals surface area contributed by atoms with Gasteiger partial charge in [-0.2, -0.15) is 0 Å². The van der Waals surface area contributed by atoms with Crippen LogP contribution in [0.15, 0.2) is 4.99 Å². The van der Waals surface area contributed by atoms with E-state index in [1.165, 1.54) is 51.7 Å². The van der Waals surface area contributed by atoms with Gasteiger partial charge in [-0.15, -0.1) is 0 Å². The average Bonchev–Trinajstić information content (AvgIpc) is 3.47. The Kier molecular flexibility index (Phi) is 9.70. The standard InChI is InChI=1S/C19H37N5O/c1-2-20-19(23-13-12-21-18(25)17-9-10-17)22-11-5-3-6-14-24-15-7-4-8-16-24/h17H,2-16H2,1H3,(H,21,25)(H2,20,22,23). The molecule has 144 valence electrons. The molecule has 0 unspecified atom stereocenters. The Labute approximate surface area is 153 Å². The lowest BCUT2D eigenvalue weighted by atomic mass is 10.1. The Balaban J connectivity index is 1.49. The van der Waals surface area contributed by atoms with E-state index < -0.39 is 0 Å². The molecule has 0 aromatic rings. The van der Waals surface area contributed by atoms with Crippen molar-refractivity contribution in [1.82, 2.24) is 20.9 Å². The maximum Gasteiger partial charge on any atom is 0.223 e. The predicted molar refractivity (Wildman–Crippen MR) is 104 cm³/mol. The molecule has 6 heteroatoms. The number of nitrogens with zero attached hydrogens (tertiary/aromatic N) is 2. The third kappa shape index (κ3) is 9.10. The predicted octanol–water partition coefficient (Wildman–Crippen LogP) is 1.72. The molecular formula is C19H37N5O. The normalized spacial score (nSPS) is 18.8. The molecule has 1 aliphatic carbocycles. The maximum atomic E-state index is 11.6. The minimum atomic E-state index is 0.206. The van der Waals surface area contributed by atoms with E-state index in [4.69, 9.17) is 0 Å². The van der Waals surface area contributed by atoms with E-state index >= 15 is 0 Å². The highest BCUT2D eigenvalue weighted by molar-refractivity contribution is 5.81. The number of piperidine rings is 1. The summed E-state index contributed by atoms with van der Waals surface area (Å²) in [5.41, 5.74) is 0. The Hall–Kier alpha value is -1.30. The molecule has 0 aromatic carbocycles. The van der Waals surface area contributed by atoms with E-state index in [1.54, 1.807) is 0 Å². The van der Waals surface area contributed by atoms with Crippen LogP contribution in [0.5, 0.6) is 0 Å². The van der Waals surface area contributed by atoms with Crippen LogP contribution >= 0.6 is 0 Å². The monoisotopic (exact) mass is 351 g/mol. The van der Waals surface area contributed by atoms with Gasteiger partial charge in [0.05, 0.1) is 0 Å². The number of rotatable bonds is 11. The Bertz CT molecular complexity index is 403. The van der Waals surface area contributed by atoms with Crippen molar-refractivity contribution in [2.45, 2.75) is 58.3 Å². The quantitative estimate of drug-likeness (QED) is 0.301. The molecule has 2 rings (SSSR count). The third-order valence-corrected chi connectivity index (χ3v) is 4.86. The van der Waals surface area contributed by atoms with Crippen molar-refractivity contribution in [3.8, 4) is 0 Å². The van der Waals surface area contributed by atoms with Crippen molar-refractivity contribution in [1.29, 1.82) is 0 Å². The molecule has 0 aromatic heterocycles. The van der Waals surface area contributed by atoms with Gasteiger partial charge in [0.15, 0.2) is 5.96 Å². The molecule has 1 heterocycles. The van der Waals surface area contributed by atoms with Gasteiger partial charge in [-0.25, -0.2) is 0 Å². The molecule has 1 amide bonds. The molecule has 0 radical (unpaired) electrons. The number of hydrogen-bond acceptors (Lipinski definition) is 3. The number of nitrogens with one attached hydrogen (secondary N) is 3. The summed E-state index contributed by atoms with van der Waals surface area (Å²) in [5, 5.41) is 9.53. The van der Waals surface area contributed by atoms with Crippen LogP contribution in [-0.4, -0.2) is 62.6 Å². The van der Waals surface area contributed by atoms with E-state index in [-0.39, 0.29) is 11.8 Å². The number of guanidine groups is 1. The van der Waals surface area contributed by atoms with E-state index in [1.807, 2.05) is 0 Å². The first-order valence-corrected chi connectivity index (χ1v) is 10.3. The SMILES string of the molecule is CCNC(=NCCCCCN1CCCCC1)NCCNC(=O)C1CC1. The molecule has 1 saturated heterocycles. The highest BCUT2D eigenvalue weighted by Gasteiger charge is 2.28. The number of aliphatic imine (C=N–C) groups is 1. The maximum absolute atomic E-state index is 11.6. The van der Waals surface area contributed by atoms with Gasteiger partial charge in [-0.3, -0.25) is 9.79 Å². The number of unbranched alkanes of at least 4 members (excludes halogenated alkanes) is 2. The molecule has 0 atom stereocenters. The summed E-state index contributed by atoms with van der Waals surface area (Å²) in [7, 11) is 0. The van der Waals surface area contributed by atoms with Gasteiger partial charge in [-0.1, -0.05) is 12.8 Å². The van der Waals surface area contributed by atoms with E-state index in [0.29, 0.717) is 6.54 Å².